The minimum atomic E-state index is -0.0408. The third kappa shape index (κ3) is 3.22. The topological polar surface area (TPSA) is 61.6 Å². The zero-order valence-electron chi connectivity index (χ0n) is 12.4. The van der Waals surface area contributed by atoms with Crippen molar-refractivity contribution >= 4 is 17.3 Å². The predicted octanol–water partition coefficient (Wildman–Crippen LogP) is 1.16. The second-order valence-electron chi connectivity index (χ2n) is 5.05. The molecular weight excluding hydrogens is 252 g/mol. The molecule has 5 heteroatoms. The van der Waals surface area contributed by atoms with Crippen molar-refractivity contribution in [3.05, 3.63) is 23.8 Å². The van der Waals surface area contributed by atoms with Gasteiger partial charge in [0, 0.05) is 38.3 Å². The van der Waals surface area contributed by atoms with E-state index in [1.807, 2.05) is 19.1 Å². The lowest BCUT2D eigenvalue weighted by Crippen LogP contribution is -2.46. The lowest BCUT2D eigenvalue weighted by atomic mass is 10.1. The minimum absolute atomic E-state index is 0.0408. The highest BCUT2D eigenvalue weighted by atomic mass is 16.1. The van der Waals surface area contributed by atoms with Crippen LogP contribution in [0.2, 0.25) is 0 Å². The highest BCUT2D eigenvalue weighted by Crippen LogP contribution is 2.25. The number of nitrogen functional groups attached to an aromatic ring is 1. The molecular formula is C15H24N4O. The number of likely N-dealkylation sites (N-methyl/N-ethyl adjacent to an activating group) is 1. The number of nitrogens with one attached hydrogen (secondary N) is 1. The number of hydrogen-bond donors (Lipinski definition) is 2. The molecule has 0 bridgehead atoms. The van der Waals surface area contributed by atoms with Gasteiger partial charge in [0.15, 0.2) is 0 Å². The molecule has 0 atom stereocenters. The van der Waals surface area contributed by atoms with Crippen molar-refractivity contribution in [1.29, 1.82) is 0 Å². The Hall–Kier alpha value is -1.75. The normalized spacial score (nSPS) is 16.2. The number of benzene rings is 1. The maximum Gasteiger partial charge on any atom is 0.251 e. The van der Waals surface area contributed by atoms with Crippen molar-refractivity contribution in [2.45, 2.75) is 13.8 Å². The average Bonchev–Trinajstić information content (AvgIpc) is 2.48. The average molecular weight is 276 g/mol. The molecule has 20 heavy (non-hydrogen) atoms. The van der Waals surface area contributed by atoms with Gasteiger partial charge in [-0.2, -0.15) is 0 Å². The molecule has 0 spiro atoms. The summed E-state index contributed by atoms with van der Waals surface area (Å²) >= 11 is 0. The van der Waals surface area contributed by atoms with Crippen molar-refractivity contribution in [1.82, 2.24) is 10.2 Å². The Bertz CT molecular complexity index is 467. The second kappa shape index (κ2) is 6.61. The van der Waals surface area contributed by atoms with Crippen LogP contribution in [-0.4, -0.2) is 50.1 Å². The summed E-state index contributed by atoms with van der Waals surface area (Å²) in [5, 5.41) is 2.82. The van der Waals surface area contributed by atoms with Gasteiger partial charge in [-0.25, -0.2) is 0 Å². The van der Waals surface area contributed by atoms with Crippen LogP contribution >= 0.6 is 0 Å². The van der Waals surface area contributed by atoms with Crippen molar-refractivity contribution in [3.63, 3.8) is 0 Å². The molecule has 5 nitrogen and oxygen atoms in total. The van der Waals surface area contributed by atoms with Crippen LogP contribution in [0.4, 0.5) is 11.4 Å². The summed E-state index contributed by atoms with van der Waals surface area (Å²) in [6.07, 6.45) is 0. The molecule has 0 radical (unpaired) electrons. The largest absolute Gasteiger partial charge is 0.397 e. The Morgan fingerprint density at radius 2 is 1.95 bits per heavy atom. The third-order valence-corrected chi connectivity index (χ3v) is 3.79. The smallest absolute Gasteiger partial charge is 0.251 e. The summed E-state index contributed by atoms with van der Waals surface area (Å²) in [6.45, 7) is 9.81. The Morgan fingerprint density at radius 1 is 1.25 bits per heavy atom. The van der Waals surface area contributed by atoms with Crippen LogP contribution in [0.15, 0.2) is 18.2 Å². The van der Waals surface area contributed by atoms with E-state index in [-0.39, 0.29) is 5.91 Å². The van der Waals surface area contributed by atoms with E-state index in [0.29, 0.717) is 12.1 Å². The molecule has 0 saturated carbocycles. The zero-order chi connectivity index (χ0) is 14.5. The molecule has 3 N–H and O–H groups in total. The molecule has 1 aliphatic heterocycles. The van der Waals surface area contributed by atoms with Gasteiger partial charge in [-0.05, 0) is 31.7 Å². The predicted molar refractivity (Wildman–Crippen MR) is 83.2 cm³/mol. The number of nitrogens with two attached hydrogens (primary N) is 1. The van der Waals surface area contributed by atoms with E-state index in [1.54, 1.807) is 6.07 Å². The third-order valence-electron chi connectivity index (χ3n) is 3.79. The maximum atomic E-state index is 11.9. The SMILES string of the molecule is CCNC(=O)c1ccc(N)c(N2CCN(CC)CC2)c1. The van der Waals surface area contributed by atoms with Crippen LogP contribution in [0, 0.1) is 0 Å². The first kappa shape index (κ1) is 14.7. The fourth-order valence-electron chi connectivity index (χ4n) is 2.53. The van der Waals surface area contributed by atoms with Gasteiger partial charge in [0.1, 0.15) is 0 Å². The van der Waals surface area contributed by atoms with Crippen LogP contribution in [0.25, 0.3) is 0 Å². The maximum absolute atomic E-state index is 11.9. The number of amides is 1. The molecule has 0 aliphatic carbocycles. The first-order valence-corrected chi connectivity index (χ1v) is 7.30. The fraction of sp³-hybridized carbons (Fsp3) is 0.533. The first-order chi connectivity index (χ1) is 9.65. The summed E-state index contributed by atoms with van der Waals surface area (Å²) in [6, 6.07) is 5.51. The van der Waals surface area contributed by atoms with Crippen LogP contribution in [-0.2, 0) is 0 Å². The zero-order valence-corrected chi connectivity index (χ0v) is 12.4. The van der Waals surface area contributed by atoms with Gasteiger partial charge in [-0.3, -0.25) is 4.79 Å². The number of hydrogen-bond acceptors (Lipinski definition) is 4. The number of nitrogens with zero attached hydrogens (tertiary/aromatic N) is 2. The lowest BCUT2D eigenvalue weighted by Gasteiger charge is -2.36. The van der Waals surface area contributed by atoms with Gasteiger partial charge < -0.3 is 20.9 Å². The second-order valence-corrected chi connectivity index (χ2v) is 5.05. The molecule has 1 aliphatic rings. The quantitative estimate of drug-likeness (QED) is 0.810. The van der Waals surface area contributed by atoms with Crippen LogP contribution in [0.1, 0.15) is 24.2 Å². The molecule has 110 valence electrons. The number of piperazine rings is 1. The Labute approximate surface area is 120 Å². The van der Waals surface area contributed by atoms with E-state index in [2.05, 4.69) is 22.0 Å². The highest BCUT2D eigenvalue weighted by molar-refractivity contribution is 5.96. The molecule has 0 unspecified atom stereocenters. The first-order valence-electron chi connectivity index (χ1n) is 7.30. The van der Waals surface area contributed by atoms with Crippen molar-refractivity contribution in [2.75, 3.05) is 49.9 Å². The fourth-order valence-corrected chi connectivity index (χ4v) is 2.53. The molecule has 1 aromatic rings. The van der Waals surface area contributed by atoms with Gasteiger partial charge in [0.25, 0.3) is 5.91 Å². The van der Waals surface area contributed by atoms with Gasteiger partial charge in [-0.15, -0.1) is 0 Å². The molecule has 1 heterocycles. The number of carbonyl (C=O) groups excluding carboxylic acids is 1. The van der Waals surface area contributed by atoms with Gasteiger partial charge in [-0.1, -0.05) is 6.92 Å². The van der Waals surface area contributed by atoms with E-state index >= 15 is 0 Å². The summed E-state index contributed by atoms with van der Waals surface area (Å²) in [5.74, 6) is -0.0408. The lowest BCUT2D eigenvalue weighted by molar-refractivity contribution is 0.0956. The highest BCUT2D eigenvalue weighted by Gasteiger charge is 2.18. The van der Waals surface area contributed by atoms with Crippen molar-refractivity contribution in [2.24, 2.45) is 0 Å². The number of carbonyl (C=O) groups is 1. The Morgan fingerprint density at radius 3 is 2.55 bits per heavy atom. The molecule has 1 saturated heterocycles. The van der Waals surface area contributed by atoms with Crippen molar-refractivity contribution in [3.8, 4) is 0 Å². The van der Waals surface area contributed by atoms with E-state index in [9.17, 15) is 4.79 Å². The summed E-state index contributed by atoms with van der Waals surface area (Å²) < 4.78 is 0. The Balaban J connectivity index is 2.15. The van der Waals surface area contributed by atoms with E-state index < -0.39 is 0 Å². The van der Waals surface area contributed by atoms with Gasteiger partial charge in [0.05, 0.1) is 11.4 Å². The summed E-state index contributed by atoms with van der Waals surface area (Å²) in [5.41, 5.74) is 8.46. The molecule has 0 aromatic heterocycles. The van der Waals surface area contributed by atoms with E-state index in [0.717, 1.165) is 44.1 Å². The molecule has 2 rings (SSSR count). The van der Waals surface area contributed by atoms with E-state index in [4.69, 9.17) is 5.73 Å². The van der Waals surface area contributed by atoms with Gasteiger partial charge >= 0.3 is 0 Å². The number of rotatable bonds is 4. The summed E-state index contributed by atoms with van der Waals surface area (Å²) in [4.78, 5) is 16.6. The molecule has 1 aromatic carbocycles. The Kier molecular flexibility index (Phi) is 4.84. The van der Waals surface area contributed by atoms with Crippen LogP contribution in [0.5, 0.6) is 0 Å². The minimum Gasteiger partial charge on any atom is -0.397 e. The van der Waals surface area contributed by atoms with Crippen LogP contribution in [0.3, 0.4) is 0 Å². The van der Waals surface area contributed by atoms with Gasteiger partial charge in [0.2, 0.25) is 0 Å². The molecule has 1 fully saturated rings. The summed E-state index contributed by atoms with van der Waals surface area (Å²) in [7, 11) is 0. The van der Waals surface area contributed by atoms with Crippen molar-refractivity contribution < 1.29 is 4.79 Å². The standard InChI is InChI=1S/C15H24N4O/c1-3-17-15(20)12-5-6-13(16)14(11-12)19-9-7-18(4-2)8-10-19/h5-6,11H,3-4,7-10,16H2,1-2H3,(H,17,20). The molecule has 1 amide bonds. The monoisotopic (exact) mass is 276 g/mol. The van der Waals surface area contributed by atoms with E-state index in [1.165, 1.54) is 0 Å². The number of anilines is 2. The van der Waals surface area contributed by atoms with Crippen LogP contribution < -0.4 is 16.0 Å².